The van der Waals surface area contributed by atoms with Crippen LogP contribution in [0.3, 0.4) is 0 Å². The van der Waals surface area contributed by atoms with E-state index in [1.54, 1.807) is 6.08 Å². The molecule has 0 aromatic heterocycles. The van der Waals surface area contributed by atoms with Crippen molar-refractivity contribution in [2.24, 2.45) is 5.41 Å². The number of hydrogen-bond acceptors (Lipinski definition) is 2. The Hall–Kier alpha value is -0.790. The van der Waals surface area contributed by atoms with Gasteiger partial charge in [-0.25, -0.2) is 4.79 Å². The van der Waals surface area contributed by atoms with Crippen LogP contribution in [-0.4, -0.2) is 12.6 Å². The molecule has 0 aliphatic carbocycles. The van der Waals surface area contributed by atoms with E-state index in [1.807, 2.05) is 34.6 Å². The lowest BCUT2D eigenvalue weighted by Crippen LogP contribution is -2.17. The van der Waals surface area contributed by atoms with E-state index < -0.39 is 0 Å². The van der Waals surface area contributed by atoms with E-state index in [0.29, 0.717) is 6.61 Å². The molecule has 0 heterocycles. The monoisotopic (exact) mass is 184 g/mol. The Kier molecular flexibility index (Phi) is 4.74. The fourth-order valence-corrected chi connectivity index (χ4v) is 0.633. The minimum atomic E-state index is -0.228. The first-order chi connectivity index (χ1) is 5.85. The molecule has 0 radical (unpaired) electrons. The van der Waals surface area contributed by atoms with Crippen LogP contribution in [0.15, 0.2) is 11.6 Å². The molecule has 76 valence electrons. The minimum Gasteiger partial charge on any atom is -0.462 e. The Morgan fingerprint density at radius 1 is 1.38 bits per heavy atom. The number of esters is 1. The van der Waals surface area contributed by atoms with Gasteiger partial charge in [-0.2, -0.15) is 0 Å². The van der Waals surface area contributed by atoms with Crippen LogP contribution < -0.4 is 0 Å². The van der Waals surface area contributed by atoms with Gasteiger partial charge in [0.25, 0.3) is 0 Å². The van der Waals surface area contributed by atoms with E-state index in [9.17, 15) is 4.79 Å². The van der Waals surface area contributed by atoms with E-state index in [-0.39, 0.29) is 11.4 Å². The topological polar surface area (TPSA) is 26.3 Å². The molecule has 0 spiro atoms. The molecule has 0 saturated heterocycles. The van der Waals surface area contributed by atoms with Gasteiger partial charge in [-0.05, 0) is 18.8 Å². The molecule has 0 fully saturated rings. The molecule has 2 heteroatoms. The Morgan fingerprint density at radius 2 is 1.92 bits per heavy atom. The summed E-state index contributed by atoms with van der Waals surface area (Å²) >= 11 is 0. The van der Waals surface area contributed by atoms with Crippen molar-refractivity contribution in [1.82, 2.24) is 0 Å². The van der Waals surface area contributed by atoms with Crippen LogP contribution in [0, 0.1) is 5.41 Å². The Morgan fingerprint density at radius 3 is 2.31 bits per heavy atom. The Bertz CT molecular complexity index is 197. The van der Waals surface area contributed by atoms with E-state index in [1.165, 1.54) is 0 Å². The summed E-state index contributed by atoms with van der Waals surface area (Å²) in [5.74, 6) is -0.228. The van der Waals surface area contributed by atoms with Crippen molar-refractivity contribution in [3.8, 4) is 0 Å². The first-order valence-corrected chi connectivity index (χ1v) is 4.69. The maximum absolute atomic E-state index is 11.2. The van der Waals surface area contributed by atoms with Crippen molar-refractivity contribution in [3.05, 3.63) is 11.6 Å². The van der Waals surface area contributed by atoms with Crippen LogP contribution in [0.25, 0.3) is 0 Å². The summed E-state index contributed by atoms with van der Waals surface area (Å²) in [6.07, 6.45) is 2.45. The number of ether oxygens (including phenoxy) is 1. The van der Waals surface area contributed by atoms with Gasteiger partial charge in [0, 0.05) is 6.08 Å². The quantitative estimate of drug-likeness (QED) is 0.498. The molecule has 0 aromatic rings. The third-order valence-electron chi connectivity index (χ3n) is 1.57. The van der Waals surface area contributed by atoms with E-state index in [4.69, 9.17) is 4.74 Å². The standard InChI is InChI=1S/C11H20O2/c1-6-9(2)7-10(12)13-8-11(3,4)5/h7H,6,8H2,1-5H3/b9-7-. The summed E-state index contributed by atoms with van der Waals surface area (Å²) in [6.45, 7) is 10.5. The molecule has 0 rings (SSSR count). The van der Waals surface area contributed by atoms with Crippen LogP contribution in [0.1, 0.15) is 41.0 Å². The summed E-state index contributed by atoms with van der Waals surface area (Å²) in [5.41, 5.74) is 1.10. The summed E-state index contributed by atoms with van der Waals surface area (Å²) in [6, 6.07) is 0. The molecule has 2 nitrogen and oxygen atoms in total. The molecule has 0 atom stereocenters. The van der Waals surface area contributed by atoms with Crippen LogP contribution in [0.5, 0.6) is 0 Å². The third-order valence-corrected chi connectivity index (χ3v) is 1.57. The molecular formula is C11H20O2. The number of allylic oxidation sites excluding steroid dienone is 1. The van der Waals surface area contributed by atoms with Crippen molar-refractivity contribution in [2.45, 2.75) is 41.0 Å². The lowest BCUT2D eigenvalue weighted by atomic mass is 9.99. The zero-order valence-electron chi connectivity index (χ0n) is 9.31. The predicted molar refractivity (Wildman–Crippen MR) is 54.5 cm³/mol. The lowest BCUT2D eigenvalue weighted by molar-refractivity contribution is -0.140. The molecule has 0 aliphatic rings. The number of carbonyl (C=O) groups is 1. The second kappa shape index (κ2) is 5.05. The van der Waals surface area contributed by atoms with Gasteiger partial charge in [-0.3, -0.25) is 0 Å². The molecule has 0 saturated carbocycles. The van der Waals surface area contributed by atoms with Crippen LogP contribution in [-0.2, 0) is 9.53 Å². The highest BCUT2D eigenvalue weighted by Crippen LogP contribution is 2.13. The van der Waals surface area contributed by atoms with Crippen molar-refractivity contribution in [2.75, 3.05) is 6.61 Å². The second-order valence-corrected chi connectivity index (χ2v) is 4.51. The average molecular weight is 184 g/mol. The maximum Gasteiger partial charge on any atom is 0.330 e. The molecular weight excluding hydrogens is 164 g/mol. The Labute approximate surface area is 81.0 Å². The molecule has 0 aromatic carbocycles. The number of carbonyl (C=O) groups excluding carboxylic acids is 1. The Balaban J connectivity index is 3.90. The van der Waals surface area contributed by atoms with Gasteiger partial charge < -0.3 is 4.74 Å². The van der Waals surface area contributed by atoms with Gasteiger partial charge in [-0.1, -0.05) is 33.3 Å². The highest BCUT2D eigenvalue weighted by Gasteiger charge is 2.12. The number of rotatable bonds is 3. The van der Waals surface area contributed by atoms with Gasteiger partial charge in [0.05, 0.1) is 6.61 Å². The van der Waals surface area contributed by atoms with Gasteiger partial charge in [-0.15, -0.1) is 0 Å². The fourth-order valence-electron chi connectivity index (χ4n) is 0.633. The average Bonchev–Trinajstić information content (AvgIpc) is 1.99. The van der Waals surface area contributed by atoms with E-state index in [2.05, 4.69) is 0 Å². The molecule has 0 N–H and O–H groups in total. The molecule has 0 bridgehead atoms. The summed E-state index contributed by atoms with van der Waals surface area (Å²) < 4.78 is 5.06. The van der Waals surface area contributed by atoms with Crippen LogP contribution in [0.2, 0.25) is 0 Å². The van der Waals surface area contributed by atoms with E-state index in [0.717, 1.165) is 12.0 Å². The fraction of sp³-hybridized carbons (Fsp3) is 0.727. The zero-order chi connectivity index (χ0) is 10.5. The SMILES string of the molecule is CC/C(C)=C\C(=O)OCC(C)(C)C. The molecule has 0 unspecified atom stereocenters. The maximum atomic E-state index is 11.2. The predicted octanol–water partition coefficient (Wildman–Crippen LogP) is 2.93. The van der Waals surface area contributed by atoms with Gasteiger partial charge in [0.15, 0.2) is 0 Å². The van der Waals surface area contributed by atoms with Gasteiger partial charge >= 0.3 is 5.97 Å². The lowest BCUT2D eigenvalue weighted by Gasteiger charge is -2.16. The van der Waals surface area contributed by atoms with Gasteiger partial charge in [0.2, 0.25) is 0 Å². The van der Waals surface area contributed by atoms with Crippen LogP contribution in [0.4, 0.5) is 0 Å². The largest absolute Gasteiger partial charge is 0.462 e. The summed E-state index contributed by atoms with van der Waals surface area (Å²) in [4.78, 5) is 11.2. The van der Waals surface area contributed by atoms with Crippen LogP contribution >= 0.6 is 0 Å². The molecule has 13 heavy (non-hydrogen) atoms. The zero-order valence-corrected chi connectivity index (χ0v) is 9.31. The third kappa shape index (κ3) is 7.57. The van der Waals surface area contributed by atoms with Crippen molar-refractivity contribution in [1.29, 1.82) is 0 Å². The smallest absolute Gasteiger partial charge is 0.330 e. The second-order valence-electron chi connectivity index (χ2n) is 4.51. The first kappa shape index (κ1) is 12.2. The highest BCUT2D eigenvalue weighted by molar-refractivity contribution is 5.82. The minimum absolute atomic E-state index is 0.0453. The molecule has 0 aliphatic heterocycles. The number of hydrogen-bond donors (Lipinski definition) is 0. The van der Waals surface area contributed by atoms with Gasteiger partial charge in [0.1, 0.15) is 0 Å². The molecule has 0 amide bonds. The van der Waals surface area contributed by atoms with Crippen molar-refractivity contribution < 1.29 is 9.53 Å². The van der Waals surface area contributed by atoms with Crippen molar-refractivity contribution in [3.63, 3.8) is 0 Å². The normalized spacial score (nSPS) is 12.8. The van der Waals surface area contributed by atoms with Crippen molar-refractivity contribution >= 4 is 5.97 Å². The highest BCUT2D eigenvalue weighted by atomic mass is 16.5. The summed E-state index contributed by atoms with van der Waals surface area (Å²) in [5, 5.41) is 0. The summed E-state index contributed by atoms with van der Waals surface area (Å²) in [7, 11) is 0. The first-order valence-electron chi connectivity index (χ1n) is 4.69. The van der Waals surface area contributed by atoms with E-state index >= 15 is 0 Å².